The maximum absolute atomic E-state index is 12.2. The minimum atomic E-state index is -0.891. The molecule has 1 aromatic rings. The van der Waals surface area contributed by atoms with Crippen molar-refractivity contribution in [2.24, 2.45) is 11.7 Å². The lowest BCUT2D eigenvalue weighted by molar-refractivity contribution is -0.172. The average Bonchev–Trinajstić information content (AvgIpc) is 2.90. The highest BCUT2D eigenvalue weighted by molar-refractivity contribution is 6.03. The van der Waals surface area contributed by atoms with E-state index in [1.807, 2.05) is 0 Å². The van der Waals surface area contributed by atoms with Gasteiger partial charge < -0.3 is 15.9 Å². The van der Waals surface area contributed by atoms with Crippen LogP contribution >= 0.6 is 0 Å². The molecule has 0 aliphatic carbocycles. The average molecular weight is 361 g/mol. The number of rotatable bonds is 6. The topological polar surface area (TPSA) is 136 Å². The van der Waals surface area contributed by atoms with Crippen molar-refractivity contribution < 1.29 is 28.8 Å². The van der Waals surface area contributed by atoms with Crippen LogP contribution in [-0.4, -0.2) is 40.7 Å². The van der Waals surface area contributed by atoms with E-state index in [9.17, 15) is 24.0 Å². The van der Waals surface area contributed by atoms with E-state index in [-0.39, 0.29) is 29.9 Å². The molecule has 1 atom stereocenters. The predicted molar refractivity (Wildman–Crippen MR) is 88.2 cm³/mol. The number of carbonyl (C=O) groups is 5. The van der Waals surface area contributed by atoms with Gasteiger partial charge >= 0.3 is 5.97 Å². The van der Waals surface area contributed by atoms with Crippen LogP contribution < -0.4 is 11.1 Å². The molecule has 1 aliphatic heterocycles. The molecule has 0 bridgehead atoms. The summed E-state index contributed by atoms with van der Waals surface area (Å²) in [4.78, 5) is 63.2. The Hall–Kier alpha value is -3.23. The van der Waals surface area contributed by atoms with Gasteiger partial charge in [0, 0.05) is 18.4 Å². The van der Waals surface area contributed by atoms with E-state index >= 15 is 0 Å². The molecule has 0 saturated carbocycles. The zero-order valence-corrected chi connectivity index (χ0v) is 14.4. The minimum Gasteiger partial charge on any atom is -0.368 e. The quantitative estimate of drug-likeness (QED) is 0.692. The van der Waals surface area contributed by atoms with E-state index in [1.165, 1.54) is 24.3 Å². The van der Waals surface area contributed by atoms with E-state index in [0.29, 0.717) is 5.06 Å². The number of hydrogen-bond acceptors (Lipinski definition) is 6. The molecule has 1 heterocycles. The van der Waals surface area contributed by atoms with Crippen molar-refractivity contribution in [1.29, 1.82) is 0 Å². The SMILES string of the molecule is CC(C)C(NC(=O)c1ccc(C(=O)ON2C(=O)CCC2=O)cc1)C(N)=O. The van der Waals surface area contributed by atoms with Crippen molar-refractivity contribution >= 4 is 29.6 Å². The Morgan fingerprint density at radius 1 is 1.04 bits per heavy atom. The highest BCUT2D eigenvalue weighted by atomic mass is 16.7. The van der Waals surface area contributed by atoms with E-state index < -0.39 is 35.6 Å². The third kappa shape index (κ3) is 4.24. The van der Waals surface area contributed by atoms with Gasteiger partial charge in [0.1, 0.15) is 6.04 Å². The van der Waals surface area contributed by atoms with Crippen LogP contribution in [0.1, 0.15) is 47.4 Å². The molecule has 3 N–H and O–H groups in total. The summed E-state index contributed by atoms with van der Waals surface area (Å²) >= 11 is 0. The van der Waals surface area contributed by atoms with Crippen LogP contribution in [-0.2, 0) is 19.2 Å². The fourth-order valence-electron chi connectivity index (χ4n) is 2.34. The third-order valence-electron chi connectivity index (χ3n) is 3.82. The number of amides is 4. The Balaban J connectivity index is 2.04. The minimum absolute atomic E-state index is 0.00209. The number of primary amides is 1. The van der Waals surface area contributed by atoms with Crippen LogP contribution in [0.5, 0.6) is 0 Å². The fraction of sp³-hybridized carbons (Fsp3) is 0.353. The first-order chi connectivity index (χ1) is 12.2. The van der Waals surface area contributed by atoms with Gasteiger partial charge in [0.15, 0.2) is 0 Å². The van der Waals surface area contributed by atoms with Crippen LogP contribution in [0, 0.1) is 5.92 Å². The zero-order chi connectivity index (χ0) is 19.4. The molecule has 0 spiro atoms. The number of carbonyl (C=O) groups excluding carboxylic acids is 5. The maximum Gasteiger partial charge on any atom is 0.363 e. The summed E-state index contributed by atoms with van der Waals surface area (Å²) in [7, 11) is 0. The highest BCUT2D eigenvalue weighted by Gasteiger charge is 2.33. The number of hydroxylamine groups is 2. The summed E-state index contributed by atoms with van der Waals surface area (Å²) in [6.07, 6.45) is 0.00417. The molecule has 1 aliphatic rings. The number of imide groups is 1. The second kappa shape index (κ2) is 7.77. The molecular weight excluding hydrogens is 342 g/mol. The van der Waals surface area contributed by atoms with E-state index in [0.717, 1.165) is 0 Å². The summed E-state index contributed by atoms with van der Waals surface area (Å²) in [5.74, 6) is -3.39. The van der Waals surface area contributed by atoms with Crippen molar-refractivity contribution in [3.63, 3.8) is 0 Å². The third-order valence-corrected chi connectivity index (χ3v) is 3.82. The van der Waals surface area contributed by atoms with E-state index in [2.05, 4.69) is 5.32 Å². The number of benzene rings is 1. The van der Waals surface area contributed by atoms with Gasteiger partial charge in [-0.15, -0.1) is 5.06 Å². The standard InChI is InChI=1S/C17H19N3O6/c1-9(2)14(15(18)23)19-16(24)10-3-5-11(6-4-10)17(25)26-20-12(21)7-8-13(20)22/h3-6,9,14H,7-8H2,1-2H3,(H2,18,23)(H,19,24). The summed E-state index contributed by atoms with van der Waals surface area (Å²) in [6.45, 7) is 3.49. The van der Waals surface area contributed by atoms with Crippen molar-refractivity contribution in [3.05, 3.63) is 35.4 Å². The molecule has 9 heteroatoms. The molecule has 1 saturated heterocycles. The van der Waals surface area contributed by atoms with Crippen LogP contribution in [0.3, 0.4) is 0 Å². The Morgan fingerprint density at radius 3 is 2.00 bits per heavy atom. The first kappa shape index (κ1) is 19.1. The normalized spacial score (nSPS) is 15.1. The first-order valence-corrected chi connectivity index (χ1v) is 7.99. The molecule has 1 aromatic carbocycles. The number of nitrogens with two attached hydrogens (primary N) is 1. The lowest BCUT2D eigenvalue weighted by atomic mass is 10.0. The fourth-order valence-corrected chi connectivity index (χ4v) is 2.34. The Bertz CT molecular complexity index is 740. The highest BCUT2D eigenvalue weighted by Crippen LogP contribution is 2.15. The summed E-state index contributed by atoms with van der Waals surface area (Å²) in [6, 6.07) is 4.53. The van der Waals surface area contributed by atoms with Crippen LogP contribution in [0.15, 0.2) is 24.3 Å². The Kier molecular flexibility index (Phi) is 5.71. The van der Waals surface area contributed by atoms with E-state index in [1.54, 1.807) is 13.8 Å². The maximum atomic E-state index is 12.2. The number of nitrogens with one attached hydrogen (secondary N) is 1. The second-order valence-corrected chi connectivity index (χ2v) is 6.14. The van der Waals surface area contributed by atoms with Gasteiger partial charge in [-0.3, -0.25) is 19.2 Å². The van der Waals surface area contributed by atoms with Gasteiger partial charge in [-0.25, -0.2) is 4.79 Å². The summed E-state index contributed by atoms with van der Waals surface area (Å²) < 4.78 is 0. The van der Waals surface area contributed by atoms with Crippen molar-refractivity contribution in [3.8, 4) is 0 Å². The Morgan fingerprint density at radius 2 is 1.54 bits per heavy atom. The lowest BCUT2D eigenvalue weighted by Crippen LogP contribution is -2.47. The van der Waals surface area contributed by atoms with E-state index in [4.69, 9.17) is 10.6 Å². The van der Waals surface area contributed by atoms with Gasteiger partial charge in [0.2, 0.25) is 5.91 Å². The molecule has 4 amide bonds. The summed E-state index contributed by atoms with van der Waals surface area (Å²) in [5.41, 5.74) is 5.52. The molecule has 2 rings (SSSR count). The molecular formula is C17H19N3O6. The lowest BCUT2D eigenvalue weighted by Gasteiger charge is -2.19. The largest absolute Gasteiger partial charge is 0.368 e. The number of nitrogens with zero attached hydrogens (tertiary/aromatic N) is 1. The van der Waals surface area contributed by atoms with Gasteiger partial charge in [-0.1, -0.05) is 13.8 Å². The predicted octanol–water partition coefficient (Wildman–Crippen LogP) is 0.147. The molecule has 1 unspecified atom stereocenters. The smallest absolute Gasteiger partial charge is 0.363 e. The zero-order valence-electron chi connectivity index (χ0n) is 14.4. The first-order valence-electron chi connectivity index (χ1n) is 7.99. The van der Waals surface area contributed by atoms with Gasteiger partial charge in [0.25, 0.3) is 17.7 Å². The second-order valence-electron chi connectivity index (χ2n) is 6.14. The molecule has 1 fully saturated rings. The number of hydrogen-bond donors (Lipinski definition) is 2. The molecule has 0 aromatic heterocycles. The van der Waals surface area contributed by atoms with Gasteiger partial charge in [-0.2, -0.15) is 0 Å². The molecule has 9 nitrogen and oxygen atoms in total. The van der Waals surface area contributed by atoms with Crippen LogP contribution in [0.25, 0.3) is 0 Å². The van der Waals surface area contributed by atoms with Crippen molar-refractivity contribution in [1.82, 2.24) is 10.4 Å². The monoisotopic (exact) mass is 361 g/mol. The Labute approximate surface area is 149 Å². The van der Waals surface area contributed by atoms with Crippen LogP contribution in [0.4, 0.5) is 0 Å². The molecule has 0 radical (unpaired) electrons. The van der Waals surface area contributed by atoms with Crippen molar-refractivity contribution in [2.75, 3.05) is 0 Å². The summed E-state index contributed by atoms with van der Waals surface area (Å²) in [5, 5.41) is 2.97. The van der Waals surface area contributed by atoms with Gasteiger partial charge in [0.05, 0.1) is 5.56 Å². The molecule has 26 heavy (non-hydrogen) atoms. The van der Waals surface area contributed by atoms with Crippen molar-refractivity contribution in [2.45, 2.75) is 32.7 Å². The molecule has 138 valence electrons. The van der Waals surface area contributed by atoms with Gasteiger partial charge in [-0.05, 0) is 30.2 Å². The van der Waals surface area contributed by atoms with Crippen LogP contribution in [0.2, 0.25) is 0 Å².